The zero-order valence-corrected chi connectivity index (χ0v) is 19.1. The molecule has 204 valence electrons. The number of benzene rings is 1. The molecule has 0 saturated carbocycles. The molecular weight excluding hydrogens is 509 g/mol. The van der Waals surface area contributed by atoms with Gasteiger partial charge in [-0.05, 0) is 36.6 Å². The van der Waals surface area contributed by atoms with Crippen LogP contribution in [-0.2, 0) is 17.5 Å². The quantitative estimate of drug-likeness (QED) is 0.548. The molecule has 0 bridgehead atoms. The Morgan fingerprint density at radius 1 is 0.917 bits per heavy atom. The van der Waals surface area contributed by atoms with Crippen LogP contribution in [0.25, 0.3) is 0 Å². The van der Waals surface area contributed by atoms with E-state index >= 15 is 0 Å². The zero-order valence-electron chi connectivity index (χ0n) is 19.1. The van der Waals surface area contributed by atoms with E-state index in [4.69, 9.17) is 0 Å². The summed E-state index contributed by atoms with van der Waals surface area (Å²) in [6.45, 7) is 0.183. The molecule has 0 spiro atoms. The molecule has 0 radical (unpaired) electrons. The van der Waals surface area contributed by atoms with Crippen LogP contribution >= 0.6 is 0 Å². The Morgan fingerprint density at radius 3 is 2.06 bits per heavy atom. The molecule has 2 aliphatic rings. The van der Waals surface area contributed by atoms with Gasteiger partial charge in [-0.2, -0.15) is 39.5 Å². The average Bonchev–Trinajstić information content (AvgIpc) is 3.24. The van der Waals surface area contributed by atoms with Crippen molar-refractivity contribution in [3.8, 4) is 0 Å². The maximum absolute atomic E-state index is 13.5. The highest BCUT2D eigenvalue weighted by Crippen LogP contribution is 2.41. The molecule has 0 aromatic heterocycles. The van der Waals surface area contributed by atoms with Gasteiger partial charge in [-0.3, -0.25) is 9.69 Å². The first-order valence-corrected chi connectivity index (χ1v) is 11.3. The second-order valence-corrected chi connectivity index (χ2v) is 9.05. The highest BCUT2D eigenvalue weighted by Gasteiger charge is 2.57. The van der Waals surface area contributed by atoms with Gasteiger partial charge in [-0.15, -0.1) is 0 Å². The molecular formula is C22H26F9N3O2. The molecule has 2 aliphatic heterocycles. The van der Waals surface area contributed by atoms with E-state index in [1.807, 2.05) is 0 Å². The van der Waals surface area contributed by atoms with Crippen molar-refractivity contribution in [3.05, 3.63) is 29.3 Å². The third-order valence-corrected chi connectivity index (χ3v) is 6.52. The lowest BCUT2D eigenvalue weighted by molar-refractivity contribution is -0.284. The van der Waals surface area contributed by atoms with Gasteiger partial charge in [0, 0.05) is 51.4 Å². The van der Waals surface area contributed by atoms with Crippen molar-refractivity contribution in [2.45, 2.75) is 50.4 Å². The van der Waals surface area contributed by atoms with E-state index in [0.29, 0.717) is 24.2 Å². The van der Waals surface area contributed by atoms with Crippen molar-refractivity contribution in [2.24, 2.45) is 5.92 Å². The SMILES string of the molecule is O=C(CC(C(F)(F)F)C(F)(F)F)N1CCN(Cc2cc(N3CCCC3CO)cc(C(F)(F)F)c2)CC1. The van der Waals surface area contributed by atoms with Crippen molar-refractivity contribution in [2.75, 3.05) is 44.2 Å². The highest BCUT2D eigenvalue weighted by atomic mass is 19.4. The number of halogens is 9. The van der Waals surface area contributed by atoms with Crippen molar-refractivity contribution >= 4 is 11.6 Å². The number of carbonyl (C=O) groups is 1. The summed E-state index contributed by atoms with van der Waals surface area (Å²) in [6.07, 6.45) is -16.2. The molecule has 1 unspecified atom stereocenters. The van der Waals surface area contributed by atoms with Crippen LogP contribution in [0.1, 0.15) is 30.4 Å². The minimum Gasteiger partial charge on any atom is -0.394 e. The molecule has 0 aliphatic carbocycles. The van der Waals surface area contributed by atoms with Crippen LogP contribution in [0.15, 0.2) is 18.2 Å². The summed E-state index contributed by atoms with van der Waals surface area (Å²) in [5.74, 6) is -5.04. The lowest BCUT2D eigenvalue weighted by Crippen LogP contribution is -2.50. The van der Waals surface area contributed by atoms with E-state index in [2.05, 4.69) is 0 Å². The van der Waals surface area contributed by atoms with Crippen LogP contribution in [-0.4, -0.2) is 78.5 Å². The first kappa shape index (κ1) is 28.4. The summed E-state index contributed by atoms with van der Waals surface area (Å²) in [5, 5.41) is 9.54. The standard InChI is InChI=1S/C22H26F9N3O2/c23-20(24,25)15-8-14(9-17(10-15)34-3-1-2-16(34)13-35)12-32-4-6-33(7-5-32)19(36)11-18(21(26,27)28)22(29,30)31/h8-10,16,18,35H,1-7,11-13H2. The van der Waals surface area contributed by atoms with Crippen LogP contribution in [0.5, 0.6) is 0 Å². The molecule has 3 rings (SSSR count). The van der Waals surface area contributed by atoms with Gasteiger partial charge in [0.25, 0.3) is 0 Å². The van der Waals surface area contributed by atoms with E-state index in [1.165, 1.54) is 0 Å². The monoisotopic (exact) mass is 535 g/mol. The van der Waals surface area contributed by atoms with Crippen molar-refractivity contribution in [1.29, 1.82) is 0 Å². The lowest BCUT2D eigenvalue weighted by atomic mass is 10.0. The van der Waals surface area contributed by atoms with Gasteiger partial charge in [0.1, 0.15) is 0 Å². The van der Waals surface area contributed by atoms with Crippen LogP contribution < -0.4 is 4.90 Å². The highest BCUT2D eigenvalue weighted by molar-refractivity contribution is 5.76. The molecule has 1 amide bonds. The number of alkyl halides is 9. The molecule has 2 heterocycles. The molecule has 36 heavy (non-hydrogen) atoms. The Labute approximate surface area is 201 Å². The van der Waals surface area contributed by atoms with E-state index in [1.54, 1.807) is 15.9 Å². The fourth-order valence-electron chi connectivity index (χ4n) is 4.59. The third kappa shape index (κ3) is 6.96. The zero-order chi connectivity index (χ0) is 26.9. The number of anilines is 1. The Kier molecular flexibility index (Phi) is 8.38. The van der Waals surface area contributed by atoms with Crippen LogP contribution in [0.3, 0.4) is 0 Å². The molecule has 2 saturated heterocycles. The number of nitrogens with zero attached hydrogens (tertiary/aromatic N) is 3. The van der Waals surface area contributed by atoms with Crippen molar-refractivity contribution in [3.63, 3.8) is 0 Å². The first-order valence-electron chi connectivity index (χ1n) is 11.3. The van der Waals surface area contributed by atoms with Crippen molar-refractivity contribution < 1.29 is 49.4 Å². The second kappa shape index (κ2) is 10.6. The molecule has 1 aromatic rings. The Balaban J connectivity index is 1.67. The van der Waals surface area contributed by atoms with E-state index < -0.39 is 42.3 Å². The Morgan fingerprint density at radius 2 is 1.53 bits per heavy atom. The molecule has 2 fully saturated rings. The van der Waals surface area contributed by atoms with E-state index in [-0.39, 0.29) is 45.4 Å². The average molecular weight is 535 g/mol. The molecule has 14 heteroatoms. The summed E-state index contributed by atoms with van der Waals surface area (Å²) >= 11 is 0. The van der Waals surface area contributed by atoms with Gasteiger partial charge in [-0.25, -0.2) is 0 Å². The summed E-state index contributed by atoms with van der Waals surface area (Å²) in [7, 11) is 0. The van der Waals surface area contributed by atoms with E-state index in [0.717, 1.165) is 23.5 Å². The predicted molar refractivity (Wildman–Crippen MR) is 111 cm³/mol. The summed E-state index contributed by atoms with van der Waals surface area (Å²) in [4.78, 5) is 16.4. The summed E-state index contributed by atoms with van der Waals surface area (Å²) in [6, 6.07) is 3.29. The lowest BCUT2D eigenvalue weighted by Gasteiger charge is -2.36. The number of amides is 1. The minimum atomic E-state index is -5.61. The molecule has 1 atom stereocenters. The summed E-state index contributed by atoms with van der Waals surface area (Å²) in [5.41, 5.74) is -0.231. The minimum absolute atomic E-state index is 0.0459. The predicted octanol–water partition coefficient (Wildman–Crippen LogP) is 4.44. The van der Waals surface area contributed by atoms with Gasteiger partial charge < -0.3 is 14.9 Å². The summed E-state index contributed by atoms with van der Waals surface area (Å²) < 4.78 is 117. The number of piperazine rings is 1. The maximum Gasteiger partial charge on any atom is 0.416 e. The first-order chi connectivity index (χ1) is 16.6. The largest absolute Gasteiger partial charge is 0.416 e. The topological polar surface area (TPSA) is 47.0 Å². The van der Waals surface area contributed by atoms with Gasteiger partial charge >= 0.3 is 18.5 Å². The molecule has 5 nitrogen and oxygen atoms in total. The van der Waals surface area contributed by atoms with Crippen LogP contribution in [0, 0.1) is 5.92 Å². The Hall–Kier alpha value is -2.22. The van der Waals surface area contributed by atoms with Crippen LogP contribution in [0.2, 0.25) is 0 Å². The number of aliphatic hydroxyl groups excluding tert-OH is 1. The van der Waals surface area contributed by atoms with Gasteiger partial charge in [0.05, 0.1) is 18.2 Å². The molecule has 1 N–H and O–H groups in total. The van der Waals surface area contributed by atoms with Crippen LogP contribution in [0.4, 0.5) is 45.2 Å². The van der Waals surface area contributed by atoms with Gasteiger partial charge in [0.15, 0.2) is 5.92 Å². The Bertz CT molecular complexity index is 895. The smallest absolute Gasteiger partial charge is 0.394 e. The van der Waals surface area contributed by atoms with Gasteiger partial charge in [0.2, 0.25) is 5.91 Å². The van der Waals surface area contributed by atoms with E-state index in [9.17, 15) is 49.4 Å². The number of rotatable bonds is 6. The number of carbonyl (C=O) groups excluding carboxylic acids is 1. The maximum atomic E-state index is 13.5. The van der Waals surface area contributed by atoms with Gasteiger partial charge in [-0.1, -0.05) is 0 Å². The normalized spacial score (nSPS) is 20.5. The second-order valence-electron chi connectivity index (χ2n) is 9.05. The number of hydrogen-bond donors (Lipinski definition) is 1. The fourth-order valence-corrected chi connectivity index (χ4v) is 4.59. The number of aliphatic hydroxyl groups is 1. The van der Waals surface area contributed by atoms with Crippen molar-refractivity contribution in [1.82, 2.24) is 9.80 Å². The molecule has 1 aromatic carbocycles. The fraction of sp³-hybridized carbons (Fsp3) is 0.682. The third-order valence-electron chi connectivity index (χ3n) is 6.52. The number of hydrogen-bond acceptors (Lipinski definition) is 4.